The quantitative estimate of drug-likeness (QED) is 0.336. The Morgan fingerprint density at radius 2 is 1.89 bits per heavy atom. The molecule has 1 aromatic carbocycles. The van der Waals surface area contributed by atoms with Gasteiger partial charge >= 0.3 is 0 Å². The topological polar surface area (TPSA) is 59.4 Å². The average molecular weight is 501 g/mol. The Bertz CT molecular complexity index is 1020. The zero-order valence-electron chi connectivity index (χ0n) is 21.6. The molecule has 2 atom stereocenters. The number of nitrogens with zero attached hydrogens (tertiary/aromatic N) is 3. The number of aryl methyl sites for hydroxylation is 1. The van der Waals surface area contributed by atoms with Crippen molar-refractivity contribution >= 4 is 13.9 Å². The molecule has 1 saturated carbocycles. The number of hydrogen-bond donors (Lipinski definition) is 1. The molecule has 35 heavy (non-hydrogen) atoms. The minimum atomic E-state index is -1.17. The maximum atomic E-state index is 13.2. The SMILES string of the molecule is C[Si](C)(C)CCOCn1cc(CCCN[C@@H]2C[C@H]2c2ccc(F)cc2)nc(N2CCCCC2)c1=O. The third kappa shape index (κ3) is 7.72. The van der Waals surface area contributed by atoms with Gasteiger partial charge in [-0.15, -0.1) is 0 Å². The first-order valence-corrected chi connectivity index (χ1v) is 16.9. The van der Waals surface area contributed by atoms with Crippen molar-refractivity contribution in [3.63, 3.8) is 0 Å². The van der Waals surface area contributed by atoms with E-state index < -0.39 is 8.07 Å². The van der Waals surface area contributed by atoms with E-state index in [4.69, 9.17) is 9.72 Å². The largest absolute Gasteiger partial charge is 0.361 e. The van der Waals surface area contributed by atoms with Crippen LogP contribution in [0.25, 0.3) is 0 Å². The van der Waals surface area contributed by atoms with Crippen molar-refractivity contribution in [2.45, 2.75) is 82.9 Å². The first kappa shape index (κ1) is 26.0. The lowest BCUT2D eigenvalue weighted by Gasteiger charge is -2.28. The van der Waals surface area contributed by atoms with Crippen molar-refractivity contribution in [2.75, 3.05) is 31.1 Å². The number of nitrogens with one attached hydrogen (secondary N) is 1. The molecule has 1 N–H and O–H groups in total. The van der Waals surface area contributed by atoms with E-state index in [-0.39, 0.29) is 11.4 Å². The number of piperidine rings is 1. The third-order valence-electron chi connectivity index (χ3n) is 6.99. The molecule has 1 aromatic heterocycles. The fourth-order valence-corrected chi connectivity index (χ4v) is 5.46. The zero-order chi connectivity index (χ0) is 24.8. The van der Waals surface area contributed by atoms with Crippen molar-refractivity contribution in [3.05, 3.63) is 57.9 Å². The first-order chi connectivity index (χ1) is 16.8. The highest BCUT2D eigenvalue weighted by molar-refractivity contribution is 6.76. The molecule has 1 aliphatic heterocycles. The van der Waals surface area contributed by atoms with E-state index >= 15 is 0 Å². The molecule has 2 fully saturated rings. The summed E-state index contributed by atoms with van der Waals surface area (Å²) in [6.45, 7) is 10.7. The van der Waals surface area contributed by atoms with Crippen molar-refractivity contribution in [1.82, 2.24) is 14.9 Å². The summed E-state index contributed by atoms with van der Waals surface area (Å²) in [6.07, 6.45) is 8.20. The molecule has 0 bridgehead atoms. The second-order valence-corrected chi connectivity index (χ2v) is 16.9. The van der Waals surface area contributed by atoms with E-state index in [1.165, 1.54) is 12.0 Å². The number of benzene rings is 1. The van der Waals surface area contributed by atoms with Gasteiger partial charge in [0.05, 0.1) is 5.69 Å². The number of anilines is 1. The van der Waals surface area contributed by atoms with Gasteiger partial charge in [0.15, 0.2) is 5.82 Å². The summed E-state index contributed by atoms with van der Waals surface area (Å²) in [5.74, 6) is 0.885. The van der Waals surface area contributed by atoms with Gasteiger partial charge in [-0.05, 0) is 68.8 Å². The van der Waals surface area contributed by atoms with Gasteiger partial charge < -0.3 is 15.0 Å². The fraction of sp³-hybridized carbons (Fsp3) is 0.630. The Morgan fingerprint density at radius 3 is 2.60 bits per heavy atom. The maximum absolute atomic E-state index is 13.2. The summed E-state index contributed by atoms with van der Waals surface area (Å²) in [5.41, 5.74) is 2.12. The zero-order valence-corrected chi connectivity index (χ0v) is 22.6. The molecular formula is C27H41FN4O2Si. The molecule has 1 aliphatic carbocycles. The van der Waals surface area contributed by atoms with Crippen molar-refractivity contribution in [2.24, 2.45) is 0 Å². The van der Waals surface area contributed by atoms with Crippen molar-refractivity contribution < 1.29 is 9.13 Å². The molecule has 192 valence electrons. The standard InChI is InChI=1S/C27H41FN4O2Si/c1-35(2,3)17-16-34-20-32-19-23(30-26(27(32)33)31-14-5-4-6-15-31)8-7-13-29-25-18-24(25)21-9-11-22(28)12-10-21/h9-12,19,24-25,29H,4-8,13-18,20H2,1-3H3/t24-,25+/m0/s1. The van der Waals surface area contributed by atoms with E-state index in [1.807, 2.05) is 18.3 Å². The van der Waals surface area contributed by atoms with Crippen LogP contribution in [0.4, 0.5) is 10.2 Å². The van der Waals surface area contributed by atoms with Gasteiger partial charge in [-0.3, -0.25) is 9.36 Å². The second kappa shape index (κ2) is 11.8. The smallest absolute Gasteiger partial charge is 0.295 e. The van der Waals surface area contributed by atoms with E-state index in [1.54, 1.807) is 16.7 Å². The summed E-state index contributed by atoms with van der Waals surface area (Å²) >= 11 is 0. The van der Waals surface area contributed by atoms with Crippen LogP contribution in [0.3, 0.4) is 0 Å². The number of ether oxygens (including phenoxy) is 1. The molecule has 0 unspecified atom stereocenters. The summed E-state index contributed by atoms with van der Waals surface area (Å²) in [6, 6.07) is 8.42. The van der Waals surface area contributed by atoms with Crippen molar-refractivity contribution in [1.29, 1.82) is 0 Å². The number of halogens is 1. The Hall–Kier alpha value is -2.03. The minimum Gasteiger partial charge on any atom is -0.361 e. The van der Waals surface area contributed by atoms with Crippen LogP contribution in [0, 0.1) is 5.82 Å². The third-order valence-corrected chi connectivity index (χ3v) is 8.70. The van der Waals surface area contributed by atoms with E-state index in [9.17, 15) is 9.18 Å². The van der Waals surface area contributed by atoms with Crippen LogP contribution >= 0.6 is 0 Å². The molecule has 1 saturated heterocycles. The molecule has 0 radical (unpaired) electrons. The molecule has 2 heterocycles. The predicted octanol–water partition coefficient (Wildman–Crippen LogP) is 4.76. The van der Waals surface area contributed by atoms with E-state index in [0.29, 0.717) is 31.1 Å². The van der Waals surface area contributed by atoms with Crippen LogP contribution in [0.1, 0.15) is 49.3 Å². The Labute approximate surface area is 209 Å². The Kier molecular flexibility index (Phi) is 8.78. The van der Waals surface area contributed by atoms with Crippen LogP contribution in [-0.2, 0) is 17.9 Å². The summed E-state index contributed by atoms with van der Waals surface area (Å²) < 4.78 is 20.8. The van der Waals surface area contributed by atoms with Gasteiger partial charge in [0, 0.05) is 45.9 Å². The molecule has 0 amide bonds. The minimum absolute atomic E-state index is 0.0399. The molecule has 4 rings (SSSR count). The van der Waals surface area contributed by atoms with Gasteiger partial charge in [-0.25, -0.2) is 9.37 Å². The molecule has 2 aromatic rings. The number of aromatic nitrogens is 2. The summed E-state index contributed by atoms with van der Waals surface area (Å²) in [5, 5.41) is 3.63. The molecule has 8 heteroatoms. The summed E-state index contributed by atoms with van der Waals surface area (Å²) in [4.78, 5) is 20.1. The lowest BCUT2D eigenvalue weighted by molar-refractivity contribution is 0.0844. The van der Waals surface area contributed by atoms with Gasteiger partial charge in [0.25, 0.3) is 5.56 Å². The van der Waals surface area contributed by atoms with Crippen LogP contribution in [-0.4, -0.2) is 49.9 Å². The monoisotopic (exact) mass is 500 g/mol. The highest BCUT2D eigenvalue weighted by Crippen LogP contribution is 2.40. The van der Waals surface area contributed by atoms with Gasteiger partial charge in [-0.2, -0.15) is 0 Å². The first-order valence-electron chi connectivity index (χ1n) is 13.2. The van der Waals surface area contributed by atoms with E-state index in [2.05, 4.69) is 29.9 Å². The normalized spacial score (nSPS) is 20.3. The Balaban J connectivity index is 1.33. The van der Waals surface area contributed by atoms with Crippen LogP contribution in [0.5, 0.6) is 0 Å². The van der Waals surface area contributed by atoms with Crippen LogP contribution in [0.2, 0.25) is 25.7 Å². The number of rotatable bonds is 12. The second-order valence-electron chi connectivity index (χ2n) is 11.3. The lowest BCUT2D eigenvalue weighted by atomic mass is 10.1. The van der Waals surface area contributed by atoms with Crippen LogP contribution < -0.4 is 15.8 Å². The van der Waals surface area contributed by atoms with Gasteiger partial charge in [0.1, 0.15) is 12.5 Å². The highest BCUT2D eigenvalue weighted by atomic mass is 28.3. The van der Waals surface area contributed by atoms with Crippen molar-refractivity contribution in [3.8, 4) is 0 Å². The fourth-order valence-electron chi connectivity index (χ4n) is 4.70. The Morgan fingerprint density at radius 1 is 1.14 bits per heavy atom. The molecule has 2 aliphatic rings. The molecule has 6 nitrogen and oxygen atoms in total. The predicted molar refractivity (Wildman–Crippen MR) is 143 cm³/mol. The molecule has 0 spiro atoms. The maximum Gasteiger partial charge on any atom is 0.295 e. The van der Waals surface area contributed by atoms with Gasteiger partial charge in [0.2, 0.25) is 0 Å². The lowest BCUT2D eigenvalue weighted by Crippen LogP contribution is -2.37. The highest BCUT2D eigenvalue weighted by Gasteiger charge is 2.37. The number of hydrogen-bond acceptors (Lipinski definition) is 5. The van der Waals surface area contributed by atoms with Gasteiger partial charge in [-0.1, -0.05) is 31.8 Å². The molecular weight excluding hydrogens is 459 g/mol. The summed E-state index contributed by atoms with van der Waals surface area (Å²) in [7, 11) is -1.17. The average Bonchev–Trinajstić information content (AvgIpc) is 3.61. The van der Waals surface area contributed by atoms with Crippen LogP contribution in [0.15, 0.2) is 35.3 Å². The van der Waals surface area contributed by atoms with E-state index in [0.717, 1.165) is 63.5 Å².